The van der Waals surface area contributed by atoms with Gasteiger partial charge in [0.1, 0.15) is 10.8 Å². The highest BCUT2D eigenvalue weighted by Crippen LogP contribution is 2.07. The highest BCUT2D eigenvalue weighted by molar-refractivity contribution is 6.29. The highest BCUT2D eigenvalue weighted by atomic mass is 35.5. The van der Waals surface area contributed by atoms with E-state index in [4.69, 9.17) is 17.3 Å². The molecule has 7 heteroatoms. The maximum Gasteiger partial charge on any atom is 0.276 e. The number of pyridine rings is 1. The Balaban J connectivity index is 2.14. The van der Waals surface area contributed by atoms with Crippen LogP contribution in [0.4, 0.5) is 11.6 Å². The van der Waals surface area contributed by atoms with Crippen molar-refractivity contribution in [2.45, 2.75) is 0 Å². The number of hydrogen-bond acceptors (Lipinski definition) is 5. The van der Waals surface area contributed by atoms with E-state index in [0.717, 1.165) is 0 Å². The van der Waals surface area contributed by atoms with Crippen molar-refractivity contribution in [3.63, 3.8) is 0 Å². The number of hydrogen-bond donors (Lipinski definition) is 2. The number of nitrogens with zero attached hydrogens (tertiary/aromatic N) is 3. The Hall–Kier alpha value is -2.21. The van der Waals surface area contributed by atoms with Gasteiger partial charge in [0.2, 0.25) is 5.95 Å². The summed E-state index contributed by atoms with van der Waals surface area (Å²) in [7, 11) is 0. The Bertz CT molecular complexity index is 543. The van der Waals surface area contributed by atoms with E-state index in [-0.39, 0.29) is 16.8 Å². The standard InChI is InChI=1S/C10H8ClN5O/c11-8-3-4-13-10(15-8)16-9(17)7-2-1-6(12)5-14-7/h1-5H,12H2,(H,13,15,16,17). The summed E-state index contributed by atoms with van der Waals surface area (Å²) in [6, 6.07) is 4.61. The van der Waals surface area contributed by atoms with E-state index in [0.29, 0.717) is 5.69 Å². The Morgan fingerprint density at radius 1 is 1.29 bits per heavy atom. The zero-order chi connectivity index (χ0) is 12.3. The number of halogens is 1. The minimum absolute atomic E-state index is 0.126. The summed E-state index contributed by atoms with van der Waals surface area (Å²) in [4.78, 5) is 23.2. The second-order valence-corrected chi connectivity index (χ2v) is 3.52. The molecule has 2 rings (SSSR count). The maximum atomic E-state index is 11.7. The molecule has 17 heavy (non-hydrogen) atoms. The molecule has 2 aromatic heterocycles. The van der Waals surface area contributed by atoms with Crippen molar-refractivity contribution in [1.29, 1.82) is 0 Å². The molecule has 0 fully saturated rings. The van der Waals surface area contributed by atoms with Crippen molar-refractivity contribution in [1.82, 2.24) is 15.0 Å². The van der Waals surface area contributed by atoms with Gasteiger partial charge in [0, 0.05) is 6.20 Å². The lowest BCUT2D eigenvalue weighted by molar-refractivity contribution is 0.102. The average molecular weight is 250 g/mol. The van der Waals surface area contributed by atoms with Crippen LogP contribution in [-0.2, 0) is 0 Å². The Kier molecular flexibility index (Phi) is 3.15. The summed E-state index contributed by atoms with van der Waals surface area (Å²) in [5.41, 5.74) is 6.17. The van der Waals surface area contributed by atoms with Crippen LogP contribution in [0.1, 0.15) is 10.5 Å². The van der Waals surface area contributed by atoms with Gasteiger partial charge in [-0.25, -0.2) is 15.0 Å². The van der Waals surface area contributed by atoms with Crippen LogP contribution in [0.3, 0.4) is 0 Å². The number of anilines is 2. The van der Waals surface area contributed by atoms with Crippen LogP contribution in [0.25, 0.3) is 0 Å². The molecule has 3 N–H and O–H groups in total. The van der Waals surface area contributed by atoms with Gasteiger partial charge in [0.15, 0.2) is 0 Å². The van der Waals surface area contributed by atoms with E-state index in [1.165, 1.54) is 24.5 Å². The number of nitrogen functional groups attached to an aromatic ring is 1. The molecule has 0 aromatic carbocycles. The van der Waals surface area contributed by atoms with Crippen LogP contribution < -0.4 is 11.1 Å². The van der Waals surface area contributed by atoms with Gasteiger partial charge in [-0.15, -0.1) is 0 Å². The third kappa shape index (κ3) is 2.88. The molecular formula is C10H8ClN5O. The lowest BCUT2D eigenvalue weighted by Gasteiger charge is -2.02. The summed E-state index contributed by atoms with van der Waals surface area (Å²) in [5, 5.41) is 2.72. The smallest absolute Gasteiger partial charge is 0.276 e. The summed E-state index contributed by atoms with van der Waals surface area (Å²) in [5.74, 6) is -0.298. The molecule has 0 spiro atoms. The average Bonchev–Trinajstić information content (AvgIpc) is 2.29. The quantitative estimate of drug-likeness (QED) is 0.784. The van der Waals surface area contributed by atoms with E-state index in [9.17, 15) is 4.79 Å². The third-order valence-corrected chi connectivity index (χ3v) is 2.08. The van der Waals surface area contributed by atoms with Gasteiger partial charge in [-0.2, -0.15) is 0 Å². The van der Waals surface area contributed by atoms with Gasteiger partial charge < -0.3 is 5.73 Å². The van der Waals surface area contributed by atoms with Crippen LogP contribution in [0.2, 0.25) is 5.15 Å². The van der Waals surface area contributed by atoms with Crippen molar-refractivity contribution >= 4 is 29.1 Å². The highest BCUT2D eigenvalue weighted by Gasteiger charge is 2.08. The molecule has 2 aromatic rings. The molecule has 0 radical (unpaired) electrons. The van der Waals surface area contributed by atoms with E-state index < -0.39 is 5.91 Å². The van der Waals surface area contributed by atoms with E-state index in [1.807, 2.05) is 0 Å². The van der Waals surface area contributed by atoms with Crippen molar-refractivity contribution in [3.8, 4) is 0 Å². The topological polar surface area (TPSA) is 93.8 Å². The predicted molar refractivity (Wildman–Crippen MR) is 63.6 cm³/mol. The fourth-order valence-corrected chi connectivity index (χ4v) is 1.24. The molecule has 0 aliphatic heterocycles. The number of rotatable bonds is 2. The van der Waals surface area contributed by atoms with Crippen LogP contribution in [0.15, 0.2) is 30.6 Å². The predicted octanol–water partition coefficient (Wildman–Crippen LogP) is 1.36. The van der Waals surface area contributed by atoms with E-state index in [1.54, 1.807) is 6.07 Å². The molecule has 0 unspecified atom stereocenters. The summed E-state index contributed by atoms with van der Waals surface area (Å²) in [6.45, 7) is 0. The summed E-state index contributed by atoms with van der Waals surface area (Å²) < 4.78 is 0. The van der Waals surface area contributed by atoms with Crippen LogP contribution in [0, 0.1) is 0 Å². The Morgan fingerprint density at radius 2 is 2.12 bits per heavy atom. The normalized spacial score (nSPS) is 9.94. The molecule has 0 aliphatic rings. The van der Waals surface area contributed by atoms with Crippen molar-refractivity contribution in [2.75, 3.05) is 11.1 Å². The Labute approximate surface area is 102 Å². The number of nitrogens with one attached hydrogen (secondary N) is 1. The molecule has 0 saturated heterocycles. The summed E-state index contributed by atoms with van der Waals surface area (Å²) >= 11 is 5.66. The minimum atomic E-state index is -0.424. The van der Waals surface area contributed by atoms with Gasteiger partial charge in [-0.3, -0.25) is 10.1 Å². The first-order chi connectivity index (χ1) is 8.15. The molecule has 0 bridgehead atoms. The number of amides is 1. The minimum Gasteiger partial charge on any atom is -0.397 e. The van der Waals surface area contributed by atoms with Crippen molar-refractivity contribution in [3.05, 3.63) is 41.4 Å². The number of nitrogens with two attached hydrogens (primary N) is 1. The van der Waals surface area contributed by atoms with Gasteiger partial charge >= 0.3 is 0 Å². The number of carbonyl (C=O) groups is 1. The molecule has 1 amide bonds. The second-order valence-electron chi connectivity index (χ2n) is 3.13. The van der Waals surface area contributed by atoms with E-state index in [2.05, 4.69) is 20.3 Å². The fourth-order valence-electron chi connectivity index (χ4n) is 1.10. The van der Waals surface area contributed by atoms with Crippen molar-refractivity contribution < 1.29 is 4.79 Å². The van der Waals surface area contributed by atoms with Crippen LogP contribution in [0.5, 0.6) is 0 Å². The molecule has 86 valence electrons. The van der Waals surface area contributed by atoms with Gasteiger partial charge in [-0.05, 0) is 18.2 Å². The van der Waals surface area contributed by atoms with Gasteiger partial charge in [0.25, 0.3) is 5.91 Å². The second kappa shape index (κ2) is 4.75. The SMILES string of the molecule is Nc1ccc(C(=O)Nc2nccc(Cl)n2)nc1. The number of aromatic nitrogens is 3. The zero-order valence-electron chi connectivity index (χ0n) is 8.59. The lowest BCUT2D eigenvalue weighted by Crippen LogP contribution is -2.15. The fraction of sp³-hybridized carbons (Fsp3) is 0. The first kappa shape index (κ1) is 11.3. The first-order valence-corrected chi connectivity index (χ1v) is 5.04. The zero-order valence-corrected chi connectivity index (χ0v) is 9.35. The maximum absolute atomic E-state index is 11.7. The first-order valence-electron chi connectivity index (χ1n) is 4.66. The Morgan fingerprint density at radius 3 is 2.76 bits per heavy atom. The van der Waals surface area contributed by atoms with Crippen LogP contribution in [-0.4, -0.2) is 20.9 Å². The molecule has 0 atom stereocenters. The molecule has 2 heterocycles. The molecule has 0 saturated carbocycles. The van der Waals surface area contributed by atoms with Crippen molar-refractivity contribution in [2.24, 2.45) is 0 Å². The van der Waals surface area contributed by atoms with Crippen LogP contribution >= 0.6 is 11.6 Å². The molecule has 0 aliphatic carbocycles. The van der Waals surface area contributed by atoms with E-state index >= 15 is 0 Å². The van der Waals surface area contributed by atoms with Gasteiger partial charge in [-0.1, -0.05) is 11.6 Å². The largest absolute Gasteiger partial charge is 0.397 e. The third-order valence-electron chi connectivity index (χ3n) is 1.87. The van der Waals surface area contributed by atoms with Gasteiger partial charge in [0.05, 0.1) is 11.9 Å². The lowest BCUT2D eigenvalue weighted by atomic mass is 10.3. The summed E-state index contributed by atoms with van der Waals surface area (Å²) in [6.07, 6.45) is 2.84. The molecular weight excluding hydrogens is 242 g/mol. The molecule has 6 nitrogen and oxygen atoms in total. The monoisotopic (exact) mass is 249 g/mol. The number of carbonyl (C=O) groups excluding carboxylic acids is 1.